The zero-order chi connectivity index (χ0) is 18.2. The average molecular weight is 340 g/mol. The molecule has 0 spiro atoms. The lowest BCUT2D eigenvalue weighted by atomic mass is 10.1. The van der Waals surface area contributed by atoms with Crippen LogP contribution in [0.3, 0.4) is 0 Å². The highest BCUT2D eigenvalue weighted by Gasteiger charge is 2.16. The molecule has 1 unspecified atom stereocenters. The average Bonchev–Trinajstić information content (AvgIpc) is 2.62. The third-order valence-electron chi connectivity index (χ3n) is 3.90. The first-order chi connectivity index (χ1) is 12.0. The van der Waals surface area contributed by atoms with Crippen molar-refractivity contribution in [1.29, 1.82) is 0 Å². The number of nitrogens with one attached hydrogen (secondary N) is 1. The van der Waals surface area contributed by atoms with Gasteiger partial charge in [0.1, 0.15) is 5.75 Å². The highest BCUT2D eigenvalue weighted by molar-refractivity contribution is 5.94. The molecule has 0 aromatic heterocycles. The fourth-order valence-electron chi connectivity index (χ4n) is 2.46. The molecular weight excluding hydrogens is 316 g/mol. The van der Waals surface area contributed by atoms with E-state index in [1.165, 1.54) is 0 Å². The summed E-state index contributed by atoms with van der Waals surface area (Å²) in [6, 6.07) is 16.4. The molecule has 2 rings (SSSR count). The van der Waals surface area contributed by atoms with Crippen molar-refractivity contribution in [1.82, 2.24) is 10.2 Å². The molecule has 2 aromatic rings. The molecular formula is C20H24N2O3. The number of hydrogen-bond acceptors (Lipinski definition) is 3. The monoisotopic (exact) mass is 340 g/mol. The van der Waals surface area contributed by atoms with Gasteiger partial charge >= 0.3 is 0 Å². The van der Waals surface area contributed by atoms with Crippen LogP contribution in [0.25, 0.3) is 0 Å². The van der Waals surface area contributed by atoms with Crippen LogP contribution in [-0.4, -0.2) is 36.9 Å². The Morgan fingerprint density at radius 3 is 2.32 bits per heavy atom. The van der Waals surface area contributed by atoms with Crippen molar-refractivity contribution in [3.8, 4) is 5.75 Å². The Labute approximate surface area is 148 Å². The molecule has 0 radical (unpaired) electrons. The molecule has 1 atom stereocenters. The Morgan fingerprint density at radius 2 is 1.72 bits per heavy atom. The summed E-state index contributed by atoms with van der Waals surface area (Å²) >= 11 is 0. The maximum atomic E-state index is 12.3. The summed E-state index contributed by atoms with van der Waals surface area (Å²) in [4.78, 5) is 26.1. The van der Waals surface area contributed by atoms with Crippen LogP contribution in [-0.2, 0) is 11.3 Å². The van der Waals surface area contributed by atoms with Crippen molar-refractivity contribution >= 4 is 11.8 Å². The van der Waals surface area contributed by atoms with E-state index in [1.807, 2.05) is 49.4 Å². The molecule has 2 amide bonds. The van der Waals surface area contributed by atoms with Crippen molar-refractivity contribution in [3.63, 3.8) is 0 Å². The molecule has 0 aliphatic heterocycles. The van der Waals surface area contributed by atoms with Crippen molar-refractivity contribution in [2.24, 2.45) is 0 Å². The smallest absolute Gasteiger partial charge is 0.251 e. The van der Waals surface area contributed by atoms with Gasteiger partial charge in [0.05, 0.1) is 7.11 Å². The third kappa shape index (κ3) is 5.64. The molecule has 1 N–H and O–H groups in total. The minimum Gasteiger partial charge on any atom is -0.497 e. The quantitative estimate of drug-likeness (QED) is 0.843. The van der Waals surface area contributed by atoms with E-state index in [0.29, 0.717) is 12.1 Å². The fourth-order valence-corrected chi connectivity index (χ4v) is 2.46. The van der Waals surface area contributed by atoms with Crippen LogP contribution in [0, 0.1) is 0 Å². The van der Waals surface area contributed by atoms with Crippen LogP contribution < -0.4 is 10.1 Å². The Balaban J connectivity index is 1.84. The topological polar surface area (TPSA) is 58.6 Å². The first-order valence-corrected chi connectivity index (χ1v) is 8.22. The molecule has 5 nitrogen and oxygen atoms in total. The molecule has 132 valence electrons. The molecule has 0 aliphatic carbocycles. The molecule has 0 fully saturated rings. The molecule has 25 heavy (non-hydrogen) atoms. The minimum atomic E-state index is -0.237. The van der Waals surface area contributed by atoms with E-state index in [2.05, 4.69) is 5.32 Å². The van der Waals surface area contributed by atoms with Gasteiger partial charge in [0.2, 0.25) is 5.91 Å². The second kappa shape index (κ2) is 8.87. The summed E-state index contributed by atoms with van der Waals surface area (Å²) in [6.45, 7) is 2.35. The van der Waals surface area contributed by atoms with Crippen LogP contribution in [0.1, 0.15) is 29.3 Å². The second-order valence-electron chi connectivity index (χ2n) is 6.04. The highest BCUT2D eigenvalue weighted by atomic mass is 16.5. The van der Waals surface area contributed by atoms with Gasteiger partial charge in [0.25, 0.3) is 5.91 Å². The number of benzene rings is 2. The van der Waals surface area contributed by atoms with Crippen molar-refractivity contribution in [2.75, 3.05) is 14.2 Å². The minimum absolute atomic E-state index is 0.0170. The SMILES string of the molecule is COc1ccc(CN(C)C(=O)CC(C)NC(=O)c2ccccc2)cc1. The van der Waals surface area contributed by atoms with Gasteiger partial charge in [0.15, 0.2) is 0 Å². The van der Waals surface area contributed by atoms with E-state index in [-0.39, 0.29) is 24.3 Å². The summed E-state index contributed by atoms with van der Waals surface area (Å²) in [5.74, 6) is 0.602. The third-order valence-corrected chi connectivity index (χ3v) is 3.90. The molecule has 5 heteroatoms. The highest BCUT2D eigenvalue weighted by Crippen LogP contribution is 2.13. The first kappa shape index (κ1) is 18.5. The van der Waals surface area contributed by atoms with Gasteiger partial charge in [-0.1, -0.05) is 30.3 Å². The van der Waals surface area contributed by atoms with E-state index in [9.17, 15) is 9.59 Å². The second-order valence-corrected chi connectivity index (χ2v) is 6.04. The van der Waals surface area contributed by atoms with E-state index < -0.39 is 0 Å². The van der Waals surface area contributed by atoms with Crippen LogP contribution in [0.5, 0.6) is 5.75 Å². The van der Waals surface area contributed by atoms with E-state index in [4.69, 9.17) is 4.74 Å². The number of amides is 2. The normalized spacial score (nSPS) is 11.5. The summed E-state index contributed by atoms with van der Waals surface area (Å²) in [5.41, 5.74) is 1.62. The van der Waals surface area contributed by atoms with Gasteiger partial charge in [0, 0.05) is 31.6 Å². The van der Waals surface area contributed by atoms with Gasteiger partial charge < -0.3 is 15.0 Å². The number of ether oxygens (including phenoxy) is 1. The van der Waals surface area contributed by atoms with Crippen LogP contribution >= 0.6 is 0 Å². The molecule has 0 bridgehead atoms. The Morgan fingerprint density at radius 1 is 1.08 bits per heavy atom. The maximum absolute atomic E-state index is 12.3. The van der Waals surface area contributed by atoms with Gasteiger partial charge in [-0.15, -0.1) is 0 Å². The van der Waals surface area contributed by atoms with E-state index in [0.717, 1.165) is 11.3 Å². The first-order valence-electron chi connectivity index (χ1n) is 8.22. The lowest BCUT2D eigenvalue weighted by Crippen LogP contribution is -2.37. The lowest BCUT2D eigenvalue weighted by Gasteiger charge is -2.20. The van der Waals surface area contributed by atoms with Gasteiger partial charge in [-0.3, -0.25) is 9.59 Å². The van der Waals surface area contributed by atoms with Crippen LogP contribution in [0.15, 0.2) is 54.6 Å². The molecule has 0 saturated carbocycles. The zero-order valence-corrected chi connectivity index (χ0v) is 14.9. The molecule has 0 heterocycles. The molecule has 0 saturated heterocycles. The van der Waals surface area contributed by atoms with Crippen LogP contribution in [0.2, 0.25) is 0 Å². The Hall–Kier alpha value is -2.82. The maximum Gasteiger partial charge on any atom is 0.251 e. The summed E-state index contributed by atoms with van der Waals surface area (Å²) < 4.78 is 5.13. The summed E-state index contributed by atoms with van der Waals surface area (Å²) in [6.07, 6.45) is 0.255. The van der Waals surface area contributed by atoms with Crippen LogP contribution in [0.4, 0.5) is 0 Å². The van der Waals surface area contributed by atoms with Crippen molar-refractivity contribution in [2.45, 2.75) is 25.9 Å². The van der Waals surface area contributed by atoms with Gasteiger partial charge in [-0.2, -0.15) is 0 Å². The van der Waals surface area contributed by atoms with Crippen molar-refractivity contribution in [3.05, 3.63) is 65.7 Å². The van der Waals surface area contributed by atoms with E-state index >= 15 is 0 Å². The number of carbonyl (C=O) groups is 2. The number of nitrogens with zero attached hydrogens (tertiary/aromatic N) is 1. The standard InChI is InChI=1S/C20H24N2O3/c1-15(21-20(24)17-7-5-4-6-8-17)13-19(23)22(2)14-16-9-11-18(25-3)12-10-16/h4-12,15H,13-14H2,1-3H3,(H,21,24). The number of methoxy groups -OCH3 is 1. The summed E-state index contributed by atoms with van der Waals surface area (Å²) in [5, 5.41) is 2.86. The number of hydrogen-bond donors (Lipinski definition) is 1. The number of rotatable bonds is 7. The van der Waals surface area contributed by atoms with Crippen molar-refractivity contribution < 1.29 is 14.3 Å². The largest absolute Gasteiger partial charge is 0.497 e. The zero-order valence-electron chi connectivity index (χ0n) is 14.9. The fraction of sp³-hybridized carbons (Fsp3) is 0.300. The Bertz CT molecular complexity index is 699. The predicted octanol–water partition coefficient (Wildman–Crippen LogP) is 2.86. The summed E-state index contributed by atoms with van der Waals surface area (Å²) in [7, 11) is 3.38. The molecule has 0 aliphatic rings. The Kier molecular flexibility index (Phi) is 6.57. The number of carbonyl (C=O) groups excluding carboxylic acids is 2. The molecule has 2 aromatic carbocycles. The lowest BCUT2D eigenvalue weighted by molar-refractivity contribution is -0.130. The van der Waals surface area contributed by atoms with E-state index in [1.54, 1.807) is 31.2 Å². The van der Waals surface area contributed by atoms with Gasteiger partial charge in [-0.25, -0.2) is 0 Å². The predicted molar refractivity (Wildman–Crippen MR) is 97.5 cm³/mol. The van der Waals surface area contributed by atoms with Gasteiger partial charge in [-0.05, 0) is 36.8 Å².